The van der Waals surface area contributed by atoms with Crippen LogP contribution < -0.4 is 10.8 Å². The number of carbonyl (C=O) groups is 1. The lowest BCUT2D eigenvalue weighted by molar-refractivity contribution is -0.145. The lowest BCUT2D eigenvalue weighted by Gasteiger charge is -2.36. The van der Waals surface area contributed by atoms with Gasteiger partial charge in [0.05, 0.1) is 12.5 Å². The molecule has 88 valence electrons. The fraction of sp³-hybridized carbons (Fsp3) is 0.900. The van der Waals surface area contributed by atoms with Gasteiger partial charge in [-0.1, -0.05) is 12.8 Å². The van der Waals surface area contributed by atoms with Crippen LogP contribution in [-0.4, -0.2) is 26.1 Å². The number of carbonyl (C=O) groups excluding carboxylic acids is 1. The summed E-state index contributed by atoms with van der Waals surface area (Å²) in [5, 5.41) is 3.33. The molecule has 1 aliphatic carbocycles. The Bertz CT molecular complexity index is 237. The van der Waals surface area contributed by atoms with Gasteiger partial charge in [0.25, 0.3) is 5.91 Å². The Kier molecular flexibility index (Phi) is 4.37. The van der Waals surface area contributed by atoms with Crippen molar-refractivity contribution in [1.82, 2.24) is 10.8 Å². The Balaban J connectivity index is 0.00000112. The first-order valence-corrected chi connectivity index (χ1v) is 5.34. The second-order valence-electron chi connectivity index (χ2n) is 4.37. The summed E-state index contributed by atoms with van der Waals surface area (Å²) in [6, 6.07) is 0. The van der Waals surface area contributed by atoms with Crippen LogP contribution in [0.5, 0.6) is 0 Å². The molecule has 0 spiro atoms. The highest BCUT2D eigenvalue weighted by Crippen LogP contribution is 2.43. The van der Waals surface area contributed by atoms with Crippen molar-refractivity contribution in [2.24, 2.45) is 11.3 Å². The number of hydrogen-bond acceptors (Lipinski definition) is 3. The molecule has 15 heavy (non-hydrogen) atoms. The fourth-order valence-electron chi connectivity index (χ4n) is 2.88. The molecule has 0 bridgehead atoms. The smallest absolute Gasteiger partial charge is 0.251 e. The first-order valence-electron chi connectivity index (χ1n) is 5.34. The Hall–Kier alpha value is -0.320. The summed E-state index contributed by atoms with van der Waals surface area (Å²) in [4.78, 5) is 16.7. The zero-order valence-electron chi connectivity index (χ0n) is 9.04. The van der Waals surface area contributed by atoms with Gasteiger partial charge in [0.15, 0.2) is 0 Å². The second-order valence-corrected chi connectivity index (χ2v) is 4.37. The third-order valence-electron chi connectivity index (χ3n) is 3.69. The van der Waals surface area contributed by atoms with Gasteiger partial charge in [-0.25, -0.2) is 5.48 Å². The minimum Gasteiger partial charge on any atom is -0.315 e. The van der Waals surface area contributed by atoms with Crippen LogP contribution in [0.15, 0.2) is 0 Å². The summed E-state index contributed by atoms with van der Waals surface area (Å²) in [5.74, 6) is 0.570. The van der Waals surface area contributed by atoms with Gasteiger partial charge in [-0.05, 0) is 25.3 Å². The van der Waals surface area contributed by atoms with Gasteiger partial charge in [0, 0.05) is 6.54 Å². The van der Waals surface area contributed by atoms with Gasteiger partial charge >= 0.3 is 0 Å². The van der Waals surface area contributed by atoms with E-state index in [1.54, 1.807) is 0 Å². The highest BCUT2D eigenvalue weighted by Gasteiger charge is 2.49. The number of amides is 1. The Morgan fingerprint density at radius 1 is 1.53 bits per heavy atom. The van der Waals surface area contributed by atoms with Gasteiger partial charge < -0.3 is 5.32 Å². The normalized spacial score (nSPS) is 34.1. The van der Waals surface area contributed by atoms with Crippen LogP contribution in [0.3, 0.4) is 0 Å². The molecule has 1 aliphatic heterocycles. The van der Waals surface area contributed by atoms with Crippen molar-refractivity contribution < 1.29 is 9.63 Å². The minimum absolute atomic E-state index is 0. The monoisotopic (exact) mass is 234 g/mol. The summed E-state index contributed by atoms with van der Waals surface area (Å²) in [7, 11) is 1.49. The molecule has 2 atom stereocenters. The highest BCUT2D eigenvalue weighted by atomic mass is 35.5. The molecule has 1 amide bonds. The third kappa shape index (κ3) is 2.12. The van der Waals surface area contributed by atoms with Crippen LogP contribution in [0, 0.1) is 11.3 Å². The van der Waals surface area contributed by atoms with Gasteiger partial charge in [0.2, 0.25) is 0 Å². The lowest BCUT2D eigenvalue weighted by Crippen LogP contribution is -2.47. The number of fused-ring (bicyclic) bond motifs is 1. The van der Waals surface area contributed by atoms with Crippen molar-refractivity contribution in [1.29, 1.82) is 0 Å². The lowest BCUT2D eigenvalue weighted by atomic mass is 9.68. The topological polar surface area (TPSA) is 50.4 Å². The average Bonchev–Trinajstić information content (AvgIpc) is 2.62. The Morgan fingerprint density at radius 3 is 3.07 bits per heavy atom. The number of nitrogens with one attached hydrogen (secondary N) is 2. The minimum atomic E-state index is -0.186. The van der Waals surface area contributed by atoms with E-state index in [1.165, 1.54) is 20.0 Å². The van der Waals surface area contributed by atoms with E-state index in [4.69, 9.17) is 4.84 Å². The molecule has 1 saturated heterocycles. The zero-order valence-corrected chi connectivity index (χ0v) is 9.86. The van der Waals surface area contributed by atoms with Crippen molar-refractivity contribution in [3.8, 4) is 0 Å². The van der Waals surface area contributed by atoms with Crippen molar-refractivity contribution in [2.75, 3.05) is 20.2 Å². The highest BCUT2D eigenvalue weighted by molar-refractivity contribution is 5.85. The summed E-state index contributed by atoms with van der Waals surface area (Å²) >= 11 is 0. The molecule has 0 radical (unpaired) electrons. The molecular weight excluding hydrogens is 216 g/mol. The fourth-order valence-corrected chi connectivity index (χ4v) is 2.88. The van der Waals surface area contributed by atoms with Crippen LogP contribution in [0.4, 0.5) is 0 Å². The molecule has 2 N–H and O–H groups in total. The maximum Gasteiger partial charge on any atom is 0.251 e. The molecule has 0 unspecified atom stereocenters. The van der Waals surface area contributed by atoms with Gasteiger partial charge in [-0.2, -0.15) is 0 Å². The van der Waals surface area contributed by atoms with Crippen LogP contribution >= 0.6 is 12.4 Å². The Labute approximate surface area is 96.5 Å². The van der Waals surface area contributed by atoms with E-state index in [2.05, 4.69) is 10.8 Å². The van der Waals surface area contributed by atoms with Gasteiger partial charge in [-0.3, -0.25) is 9.63 Å². The largest absolute Gasteiger partial charge is 0.315 e. The quantitative estimate of drug-likeness (QED) is 0.697. The van der Waals surface area contributed by atoms with Crippen molar-refractivity contribution >= 4 is 18.3 Å². The first kappa shape index (κ1) is 12.7. The summed E-state index contributed by atoms with van der Waals surface area (Å²) < 4.78 is 0. The zero-order chi connectivity index (χ0) is 10.0. The summed E-state index contributed by atoms with van der Waals surface area (Å²) in [5.41, 5.74) is 2.31. The van der Waals surface area contributed by atoms with E-state index in [9.17, 15) is 4.79 Å². The Morgan fingerprint density at radius 2 is 2.33 bits per heavy atom. The van der Waals surface area contributed by atoms with Crippen LogP contribution in [-0.2, 0) is 9.63 Å². The first-order chi connectivity index (χ1) is 6.79. The van der Waals surface area contributed by atoms with E-state index < -0.39 is 0 Å². The van der Waals surface area contributed by atoms with Crippen LogP contribution in [0.25, 0.3) is 0 Å². The average molecular weight is 235 g/mol. The van der Waals surface area contributed by atoms with Crippen LogP contribution in [0.1, 0.15) is 25.7 Å². The molecule has 2 aliphatic rings. The van der Waals surface area contributed by atoms with E-state index >= 15 is 0 Å². The summed E-state index contributed by atoms with van der Waals surface area (Å²) in [6.07, 6.45) is 4.59. The number of hydroxylamine groups is 1. The molecule has 1 saturated carbocycles. The molecule has 2 rings (SSSR count). The molecule has 0 aromatic rings. The van der Waals surface area contributed by atoms with Gasteiger partial charge in [0.1, 0.15) is 0 Å². The third-order valence-corrected chi connectivity index (χ3v) is 3.69. The predicted molar refractivity (Wildman–Crippen MR) is 59.7 cm³/mol. The molecule has 1 heterocycles. The van der Waals surface area contributed by atoms with E-state index in [0.29, 0.717) is 5.92 Å². The predicted octanol–water partition coefficient (Wildman–Crippen LogP) is 0.866. The molecule has 0 aromatic heterocycles. The molecule has 5 heteroatoms. The van der Waals surface area contributed by atoms with Crippen molar-refractivity contribution in [3.63, 3.8) is 0 Å². The molecular formula is C10H19ClN2O2. The van der Waals surface area contributed by atoms with Crippen molar-refractivity contribution in [3.05, 3.63) is 0 Å². The maximum absolute atomic E-state index is 11.9. The number of hydrogen-bond donors (Lipinski definition) is 2. The molecule has 0 aromatic carbocycles. The standard InChI is InChI=1S/C10H18N2O2.ClH/c1-14-12-9(13)10-5-3-2-4-8(10)6-11-7-10;/h8,11H,2-7H2,1H3,(H,12,13);1H/t8-,10+;/m0./s1. The SMILES string of the molecule is CONC(=O)[C@@]12CCCC[C@H]1CNC2.Cl. The number of halogens is 1. The van der Waals surface area contributed by atoms with Gasteiger partial charge in [-0.15, -0.1) is 12.4 Å². The summed E-state index contributed by atoms with van der Waals surface area (Å²) in [6.45, 7) is 1.80. The van der Waals surface area contributed by atoms with Crippen LogP contribution in [0.2, 0.25) is 0 Å². The van der Waals surface area contributed by atoms with E-state index in [0.717, 1.165) is 25.9 Å². The maximum atomic E-state index is 11.9. The number of rotatable bonds is 2. The second kappa shape index (κ2) is 5.14. The van der Waals surface area contributed by atoms with Crippen molar-refractivity contribution in [2.45, 2.75) is 25.7 Å². The molecule has 2 fully saturated rings. The molecule has 4 nitrogen and oxygen atoms in total. The van der Waals surface area contributed by atoms with E-state index in [-0.39, 0.29) is 23.7 Å². The van der Waals surface area contributed by atoms with E-state index in [1.807, 2.05) is 0 Å².